The smallest absolute Gasteiger partial charge is 0.309 e. The van der Waals surface area contributed by atoms with Gasteiger partial charge >= 0.3 is 5.97 Å². The molecule has 0 aliphatic heterocycles. The summed E-state index contributed by atoms with van der Waals surface area (Å²) in [6.07, 6.45) is 0. The van der Waals surface area contributed by atoms with Crippen LogP contribution in [0.3, 0.4) is 0 Å². The Morgan fingerprint density at radius 1 is 0.967 bits per heavy atom. The predicted octanol–water partition coefficient (Wildman–Crippen LogP) is 2.63. The Labute approximate surface area is 177 Å². The second kappa shape index (κ2) is 11.8. The first kappa shape index (κ1) is 23.2. The van der Waals surface area contributed by atoms with Crippen LogP contribution in [0.4, 0.5) is 0 Å². The number of nitrogens with zero attached hydrogens (tertiary/aromatic N) is 1. The first-order valence-corrected chi connectivity index (χ1v) is 9.78. The molecule has 0 fully saturated rings. The third-order valence-electron chi connectivity index (χ3n) is 4.69. The first-order valence-electron chi connectivity index (χ1n) is 9.78. The summed E-state index contributed by atoms with van der Waals surface area (Å²) in [5.41, 5.74) is 1.97. The molecule has 30 heavy (non-hydrogen) atoms. The topological polar surface area (TPSA) is 77.1 Å². The number of ether oxygens (including phenoxy) is 3. The van der Waals surface area contributed by atoms with Gasteiger partial charge in [0, 0.05) is 19.6 Å². The van der Waals surface area contributed by atoms with Crippen LogP contribution in [0, 0.1) is 5.92 Å². The van der Waals surface area contributed by atoms with Crippen molar-refractivity contribution in [1.29, 1.82) is 0 Å². The molecule has 1 amide bonds. The molecule has 2 aromatic rings. The van der Waals surface area contributed by atoms with E-state index in [1.165, 1.54) is 7.11 Å². The lowest BCUT2D eigenvalue weighted by Gasteiger charge is -2.24. The summed E-state index contributed by atoms with van der Waals surface area (Å²) in [4.78, 5) is 26.4. The van der Waals surface area contributed by atoms with E-state index in [-0.39, 0.29) is 24.3 Å². The van der Waals surface area contributed by atoms with Gasteiger partial charge in [-0.05, 0) is 23.3 Å². The molecular weight excluding hydrogens is 384 g/mol. The normalized spacial score (nSPS) is 11.6. The van der Waals surface area contributed by atoms with Crippen molar-refractivity contribution < 1.29 is 23.8 Å². The number of nitrogens with one attached hydrogen (secondary N) is 1. The third-order valence-corrected chi connectivity index (χ3v) is 4.69. The standard InChI is InChI=1S/C23H30N2O5/c1-17(23(27)30-4)14-25(15-18-8-6-5-7-9-18)16-22(26)24-13-19-10-11-20(28-2)21(12-19)29-3/h5-12,17H,13-16H2,1-4H3,(H,24,26). The van der Waals surface area contributed by atoms with Crippen molar-refractivity contribution in [3.05, 3.63) is 59.7 Å². The molecule has 0 saturated carbocycles. The fourth-order valence-electron chi connectivity index (χ4n) is 3.14. The monoisotopic (exact) mass is 414 g/mol. The van der Waals surface area contributed by atoms with E-state index in [1.54, 1.807) is 27.2 Å². The highest BCUT2D eigenvalue weighted by molar-refractivity contribution is 5.78. The highest BCUT2D eigenvalue weighted by Crippen LogP contribution is 2.27. The van der Waals surface area contributed by atoms with Crippen LogP contribution in [0.25, 0.3) is 0 Å². The van der Waals surface area contributed by atoms with Crippen LogP contribution in [-0.2, 0) is 27.4 Å². The number of benzene rings is 2. The van der Waals surface area contributed by atoms with Crippen LogP contribution in [0.15, 0.2) is 48.5 Å². The third kappa shape index (κ3) is 7.08. The lowest BCUT2D eigenvalue weighted by Crippen LogP contribution is -2.40. The fourth-order valence-corrected chi connectivity index (χ4v) is 3.14. The minimum Gasteiger partial charge on any atom is -0.493 e. The molecule has 1 N–H and O–H groups in total. The second-order valence-corrected chi connectivity index (χ2v) is 7.05. The van der Waals surface area contributed by atoms with Crippen molar-refractivity contribution in [2.75, 3.05) is 34.4 Å². The average Bonchev–Trinajstić information content (AvgIpc) is 2.77. The minimum absolute atomic E-state index is 0.127. The number of hydrogen-bond donors (Lipinski definition) is 1. The zero-order chi connectivity index (χ0) is 21.9. The van der Waals surface area contributed by atoms with E-state index < -0.39 is 0 Å². The molecule has 0 spiro atoms. The Balaban J connectivity index is 1.99. The Morgan fingerprint density at radius 3 is 2.30 bits per heavy atom. The van der Waals surface area contributed by atoms with E-state index in [4.69, 9.17) is 14.2 Å². The van der Waals surface area contributed by atoms with Crippen molar-refractivity contribution in [2.45, 2.75) is 20.0 Å². The van der Waals surface area contributed by atoms with Gasteiger partial charge in [-0.15, -0.1) is 0 Å². The van der Waals surface area contributed by atoms with Gasteiger partial charge in [-0.2, -0.15) is 0 Å². The van der Waals surface area contributed by atoms with Gasteiger partial charge in [0.25, 0.3) is 0 Å². The van der Waals surface area contributed by atoms with Gasteiger partial charge in [-0.3, -0.25) is 14.5 Å². The van der Waals surface area contributed by atoms with Gasteiger partial charge in [0.2, 0.25) is 5.91 Å². The lowest BCUT2D eigenvalue weighted by atomic mass is 10.1. The number of carbonyl (C=O) groups is 2. The van der Waals surface area contributed by atoms with Crippen LogP contribution < -0.4 is 14.8 Å². The summed E-state index contributed by atoms with van der Waals surface area (Å²) in [7, 11) is 4.52. The molecule has 7 heteroatoms. The van der Waals surface area contributed by atoms with E-state index in [2.05, 4.69) is 5.32 Å². The minimum atomic E-state index is -0.336. The molecular formula is C23H30N2O5. The molecule has 2 aromatic carbocycles. The first-order chi connectivity index (χ1) is 14.5. The fraction of sp³-hybridized carbons (Fsp3) is 0.391. The highest BCUT2D eigenvalue weighted by atomic mass is 16.5. The van der Waals surface area contributed by atoms with Gasteiger partial charge in [0.1, 0.15) is 0 Å². The molecule has 0 saturated heterocycles. The van der Waals surface area contributed by atoms with Crippen LogP contribution >= 0.6 is 0 Å². The summed E-state index contributed by atoms with van der Waals surface area (Å²) < 4.78 is 15.4. The zero-order valence-corrected chi connectivity index (χ0v) is 18.0. The number of rotatable bonds is 11. The van der Waals surface area contributed by atoms with Crippen molar-refractivity contribution in [3.8, 4) is 11.5 Å². The highest BCUT2D eigenvalue weighted by Gasteiger charge is 2.20. The van der Waals surface area contributed by atoms with Crippen LogP contribution in [0.2, 0.25) is 0 Å². The average molecular weight is 415 g/mol. The molecule has 1 unspecified atom stereocenters. The summed E-state index contributed by atoms with van der Waals surface area (Å²) in [5, 5.41) is 2.93. The van der Waals surface area contributed by atoms with E-state index in [0.29, 0.717) is 31.1 Å². The Kier molecular flexibility index (Phi) is 9.15. The SMILES string of the molecule is COC(=O)C(C)CN(CC(=O)NCc1ccc(OC)c(OC)c1)Cc1ccccc1. The van der Waals surface area contributed by atoms with E-state index >= 15 is 0 Å². The number of esters is 1. The molecule has 0 bridgehead atoms. The van der Waals surface area contributed by atoms with Gasteiger partial charge < -0.3 is 19.5 Å². The lowest BCUT2D eigenvalue weighted by molar-refractivity contribution is -0.145. The zero-order valence-electron chi connectivity index (χ0n) is 18.0. The Morgan fingerprint density at radius 2 is 1.67 bits per heavy atom. The molecule has 162 valence electrons. The quantitative estimate of drug-likeness (QED) is 0.570. The largest absolute Gasteiger partial charge is 0.493 e. The number of carbonyl (C=O) groups excluding carboxylic acids is 2. The summed E-state index contributed by atoms with van der Waals surface area (Å²) in [6.45, 7) is 3.32. The van der Waals surface area contributed by atoms with E-state index in [1.807, 2.05) is 47.4 Å². The van der Waals surface area contributed by atoms with Gasteiger partial charge in [0.15, 0.2) is 11.5 Å². The summed E-state index contributed by atoms with van der Waals surface area (Å²) in [6, 6.07) is 15.4. The molecule has 7 nitrogen and oxygen atoms in total. The van der Waals surface area contributed by atoms with E-state index in [9.17, 15) is 9.59 Å². The van der Waals surface area contributed by atoms with Gasteiger partial charge in [0.05, 0.1) is 33.8 Å². The molecule has 0 aromatic heterocycles. The molecule has 1 atom stereocenters. The molecule has 0 aliphatic rings. The summed E-state index contributed by atoms with van der Waals surface area (Å²) in [5.74, 6) is 0.495. The number of hydrogen-bond acceptors (Lipinski definition) is 6. The molecule has 0 aliphatic carbocycles. The molecule has 2 rings (SSSR count). The second-order valence-electron chi connectivity index (χ2n) is 7.05. The van der Waals surface area contributed by atoms with Crippen molar-refractivity contribution >= 4 is 11.9 Å². The van der Waals surface area contributed by atoms with Crippen molar-refractivity contribution in [1.82, 2.24) is 10.2 Å². The summed E-state index contributed by atoms with van der Waals surface area (Å²) >= 11 is 0. The Hall–Kier alpha value is -3.06. The van der Waals surface area contributed by atoms with Crippen LogP contribution in [0.1, 0.15) is 18.1 Å². The van der Waals surface area contributed by atoms with Gasteiger partial charge in [-0.1, -0.05) is 43.3 Å². The van der Waals surface area contributed by atoms with Crippen molar-refractivity contribution in [2.24, 2.45) is 5.92 Å². The molecule has 0 radical (unpaired) electrons. The van der Waals surface area contributed by atoms with Crippen LogP contribution in [-0.4, -0.2) is 51.2 Å². The predicted molar refractivity (Wildman–Crippen MR) is 114 cm³/mol. The number of amides is 1. The maximum absolute atomic E-state index is 12.6. The maximum Gasteiger partial charge on any atom is 0.309 e. The number of methoxy groups -OCH3 is 3. The van der Waals surface area contributed by atoms with Crippen molar-refractivity contribution in [3.63, 3.8) is 0 Å². The molecule has 0 heterocycles. The Bertz CT molecular complexity index is 826. The maximum atomic E-state index is 12.6. The van der Waals surface area contributed by atoms with Crippen LogP contribution in [0.5, 0.6) is 11.5 Å². The van der Waals surface area contributed by atoms with Gasteiger partial charge in [-0.25, -0.2) is 0 Å². The van der Waals surface area contributed by atoms with E-state index in [0.717, 1.165) is 11.1 Å².